The summed E-state index contributed by atoms with van der Waals surface area (Å²) in [4.78, 5) is 23.9. The number of carbonyl (C=O) groups is 1. The summed E-state index contributed by atoms with van der Waals surface area (Å²) in [6.45, 7) is 4.32. The van der Waals surface area contributed by atoms with Crippen LogP contribution in [0.4, 0.5) is 10.1 Å². The van der Waals surface area contributed by atoms with Crippen LogP contribution in [0.2, 0.25) is 0 Å². The summed E-state index contributed by atoms with van der Waals surface area (Å²) in [6, 6.07) is 17.7. The van der Waals surface area contributed by atoms with E-state index in [0.717, 1.165) is 22.3 Å². The molecule has 7 heteroatoms. The van der Waals surface area contributed by atoms with Crippen LogP contribution in [0.15, 0.2) is 90.9 Å². The molecule has 0 saturated carbocycles. The number of hydrogen-bond acceptors (Lipinski definition) is 4. The summed E-state index contributed by atoms with van der Waals surface area (Å²) in [7, 11) is 0. The van der Waals surface area contributed by atoms with E-state index < -0.39 is 0 Å². The molecule has 2 aromatic heterocycles. The maximum absolute atomic E-state index is 13.3. The van der Waals surface area contributed by atoms with Crippen LogP contribution >= 0.6 is 11.8 Å². The van der Waals surface area contributed by atoms with Gasteiger partial charge in [0, 0.05) is 24.2 Å². The monoisotopic (exact) mass is 432 g/mol. The van der Waals surface area contributed by atoms with E-state index in [1.807, 2.05) is 41.0 Å². The van der Waals surface area contributed by atoms with Crippen LogP contribution in [0.3, 0.4) is 0 Å². The Hall–Kier alpha value is -3.45. The summed E-state index contributed by atoms with van der Waals surface area (Å²) < 4.78 is 15.1. The number of benzene rings is 2. The average molecular weight is 433 g/mol. The highest BCUT2D eigenvalue weighted by Crippen LogP contribution is 2.27. The molecule has 4 rings (SSSR count). The Labute approximate surface area is 184 Å². The summed E-state index contributed by atoms with van der Waals surface area (Å²) >= 11 is 1.51. The minimum Gasteiger partial charge on any atom is -0.308 e. The van der Waals surface area contributed by atoms with Gasteiger partial charge in [0.25, 0.3) is 0 Å². The molecular formula is C24H21FN4OS. The molecule has 156 valence electrons. The van der Waals surface area contributed by atoms with E-state index in [4.69, 9.17) is 4.98 Å². The van der Waals surface area contributed by atoms with E-state index in [1.54, 1.807) is 35.5 Å². The van der Waals surface area contributed by atoms with Crippen molar-refractivity contribution < 1.29 is 9.18 Å². The minimum atomic E-state index is -0.263. The second-order valence-electron chi connectivity index (χ2n) is 6.89. The molecule has 0 N–H and O–H groups in total. The van der Waals surface area contributed by atoms with Gasteiger partial charge in [-0.15, -0.1) is 6.58 Å². The van der Waals surface area contributed by atoms with Crippen LogP contribution in [0.1, 0.15) is 5.56 Å². The Bertz CT molecular complexity index is 1190. The summed E-state index contributed by atoms with van der Waals surface area (Å²) in [5.74, 6) is 0.277. The van der Waals surface area contributed by atoms with Gasteiger partial charge in [0.1, 0.15) is 12.4 Å². The molecule has 4 aromatic rings. The lowest BCUT2D eigenvalue weighted by molar-refractivity contribution is -0.119. The van der Waals surface area contributed by atoms with Crippen molar-refractivity contribution in [1.82, 2.24) is 14.5 Å². The molecule has 5 nitrogen and oxygen atoms in total. The fourth-order valence-electron chi connectivity index (χ4n) is 3.25. The predicted octanol–water partition coefficient (Wildman–Crippen LogP) is 5.08. The number of carbonyl (C=O) groups excluding carboxylic acids is 1. The number of anilines is 1. The fourth-order valence-corrected chi connectivity index (χ4v) is 4.22. The van der Waals surface area contributed by atoms with E-state index in [-0.39, 0.29) is 18.3 Å². The van der Waals surface area contributed by atoms with Gasteiger partial charge in [-0.25, -0.2) is 9.37 Å². The van der Waals surface area contributed by atoms with Gasteiger partial charge in [-0.2, -0.15) is 0 Å². The third kappa shape index (κ3) is 4.83. The fraction of sp³-hybridized carbons (Fsp3) is 0.125. The lowest BCUT2D eigenvalue weighted by Crippen LogP contribution is -2.34. The number of amides is 1. The first-order valence-electron chi connectivity index (χ1n) is 9.79. The van der Waals surface area contributed by atoms with E-state index in [0.29, 0.717) is 17.5 Å². The van der Waals surface area contributed by atoms with E-state index in [2.05, 4.69) is 11.6 Å². The van der Waals surface area contributed by atoms with Gasteiger partial charge in [0.05, 0.1) is 17.2 Å². The highest BCUT2D eigenvalue weighted by atomic mass is 32.2. The molecule has 0 aliphatic heterocycles. The zero-order valence-electron chi connectivity index (χ0n) is 16.8. The molecule has 0 unspecified atom stereocenters. The number of pyridine rings is 1. The zero-order valence-corrected chi connectivity index (χ0v) is 17.6. The second kappa shape index (κ2) is 9.57. The van der Waals surface area contributed by atoms with Crippen LogP contribution < -0.4 is 4.90 Å². The maximum atomic E-state index is 13.3. The van der Waals surface area contributed by atoms with E-state index >= 15 is 0 Å². The highest BCUT2D eigenvalue weighted by molar-refractivity contribution is 7.98. The van der Waals surface area contributed by atoms with Crippen LogP contribution in [-0.4, -0.2) is 27.0 Å². The van der Waals surface area contributed by atoms with Crippen LogP contribution in [-0.2, 0) is 17.1 Å². The number of rotatable bonds is 8. The van der Waals surface area contributed by atoms with Gasteiger partial charge in [-0.3, -0.25) is 9.78 Å². The number of para-hydroxylation sites is 1. The third-order valence-electron chi connectivity index (χ3n) is 4.77. The lowest BCUT2D eigenvalue weighted by Gasteiger charge is -2.22. The number of nitrogens with zero attached hydrogens (tertiary/aromatic N) is 4. The smallest absolute Gasteiger partial charge is 0.247 e. The quantitative estimate of drug-likeness (QED) is 0.288. The SMILES string of the molecule is C=CCN(C(=O)Cn1c(SCc2ccc(F)cc2)nc2ccncc21)c1ccccc1. The first-order valence-corrected chi connectivity index (χ1v) is 10.8. The van der Waals surface area contributed by atoms with Crippen LogP contribution in [0, 0.1) is 5.82 Å². The van der Waals surface area contributed by atoms with E-state index in [9.17, 15) is 9.18 Å². The van der Waals surface area contributed by atoms with Gasteiger partial charge >= 0.3 is 0 Å². The first kappa shape index (κ1) is 20.8. The van der Waals surface area contributed by atoms with Crippen molar-refractivity contribution in [3.63, 3.8) is 0 Å². The molecule has 0 fully saturated rings. The standard InChI is InChI=1S/C24H21FN4OS/c1-2-14-28(20-6-4-3-5-7-20)23(30)16-29-22-15-26-13-12-21(22)27-24(29)31-17-18-8-10-19(25)11-9-18/h2-13,15H,1,14,16-17H2. The van der Waals surface area contributed by atoms with Gasteiger partial charge in [0.15, 0.2) is 5.16 Å². The minimum absolute atomic E-state index is 0.0714. The van der Waals surface area contributed by atoms with Gasteiger partial charge in [-0.05, 0) is 35.9 Å². The lowest BCUT2D eigenvalue weighted by atomic mass is 10.2. The Balaban J connectivity index is 1.62. The van der Waals surface area contributed by atoms with Crippen molar-refractivity contribution in [2.24, 2.45) is 0 Å². The first-order chi connectivity index (χ1) is 15.2. The average Bonchev–Trinajstić information content (AvgIpc) is 3.15. The number of hydrogen-bond donors (Lipinski definition) is 0. The Morgan fingerprint density at radius 1 is 1.13 bits per heavy atom. The molecule has 0 aliphatic carbocycles. The molecule has 1 amide bonds. The third-order valence-corrected chi connectivity index (χ3v) is 5.82. The summed E-state index contributed by atoms with van der Waals surface area (Å²) in [5.41, 5.74) is 3.37. The molecule has 0 radical (unpaired) electrons. The zero-order chi connectivity index (χ0) is 21.6. The summed E-state index contributed by atoms with van der Waals surface area (Å²) in [6.07, 6.45) is 5.12. The second-order valence-corrected chi connectivity index (χ2v) is 7.83. The molecule has 0 atom stereocenters. The van der Waals surface area contributed by atoms with Crippen molar-refractivity contribution in [2.45, 2.75) is 17.5 Å². The molecule has 2 aromatic carbocycles. The summed E-state index contributed by atoms with van der Waals surface area (Å²) in [5, 5.41) is 0.715. The van der Waals surface area contributed by atoms with Gasteiger partial charge < -0.3 is 9.47 Å². The van der Waals surface area contributed by atoms with Crippen molar-refractivity contribution in [3.05, 3.63) is 97.1 Å². The van der Waals surface area contributed by atoms with Gasteiger partial charge in [-0.1, -0.05) is 48.2 Å². The Morgan fingerprint density at radius 3 is 2.65 bits per heavy atom. The van der Waals surface area contributed by atoms with Crippen molar-refractivity contribution in [1.29, 1.82) is 0 Å². The van der Waals surface area contributed by atoms with Crippen molar-refractivity contribution >= 4 is 34.4 Å². The Morgan fingerprint density at radius 2 is 1.90 bits per heavy atom. The van der Waals surface area contributed by atoms with Crippen LogP contribution in [0.5, 0.6) is 0 Å². The molecule has 0 bridgehead atoms. The molecule has 0 spiro atoms. The largest absolute Gasteiger partial charge is 0.308 e. The van der Waals surface area contributed by atoms with Gasteiger partial charge in [0.2, 0.25) is 5.91 Å². The number of halogens is 1. The maximum Gasteiger partial charge on any atom is 0.247 e. The normalized spacial score (nSPS) is 10.9. The van der Waals surface area contributed by atoms with Crippen molar-refractivity contribution in [2.75, 3.05) is 11.4 Å². The van der Waals surface area contributed by atoms with Crippen molar-refractivity contribution in [3.8, 4) is 0 Å². The molecule has 2 heterocycles. The number of fused-ring (bicyclic) bond motifs is 1. The van der Waals surface area contributed by atoms with E-state index in [1.165, 1.54) is 23.9 Å². The molecule has 0 saturated heterocycles. The topological polar surface area (TPSA) is 51.0 Å². The Kier molecular flexibility index (Phi) is 6.43. The predicted molar refractivity (Wildman–Crippen MR) is 122 cm³/mol. The number of aromatic nitrogens is 3. The molecular weight excluding hydrogens is 411 g/mol. The number of thioether (sulfide) groups is 1. The molecule has 0 aliphatic rings. The highest BCUT2D eigenvalue weighted by Gasteiger charge is 2.19. The van der Waals surface area contributed by atoms with Crippen LogP contribution in [0.25, 0.3) is 11.0 Å². The number of imidazole rings is 1. The molecule has 31 heavy (non-hydrogen) atoms.